The minimum atomic E-state index is -0.0558. The second kappa shape index (κ2) is 7.01. The maximum absolute atomic E-state index is 13.1. The molecule has 4 nitrogen and oxygen atoms in total. The third kappa shape index (κ3) is 3.17. The number of pyridine rings is 1. The first-order valence-corrected chi connectivity index (χ1v) is 10.4. The SMILES string of the molecule is COc1ccc(-c2cc(C3CC3)nc3sc(C(=O)c4ccccc4)c(N)c23)cc1. The molecule has 2 aromatic heterocycles. The van der Waals surface area contributed by atoms with E-state index in [2.05, 4.69) is 6.07 Å². The molecule has 1 fully saturated rings. The van der Waals surface area contributed by atoms with E-state index in [1.165, 1.54) is 11.3 Å². The molecule has 5 rings (SSSR count). The van der Waals surface area contributed by atoms with E-state index in [4.69, 9.17) is 15.5 Å². The van der Waals surface area contributed by atoms with E-state index >= 15 is 0 Å². The molecule has 0 atom stereocenters. The Morgan fingerprint density at radius 2 is 1.83 bits per heavy atom. The molecular formula is C24H20N2O2S. The summed E-state index contributed by atoms with van der Waals surface area (Å²) in [6, 6.07) is 19.3. The van der Waals surface area contributed by atoms with Crippen molar-refractivity contribution in [2.45, 2.75) is 18.8 Å². The van der Waals surface area contributed by atoms with Crippen LogP contribution >= 0.6 is 11.3 Å². The van der Waals surface area contributed by atoms with Crippen LogP contribution in [0.15, 0.2) is 60.7 Å². The fourth-order valence-electron chi connectivity index (χ4n) is 3.62. The highest BCUT2D eigenvalue weighted by atomic mass is 32.1. The average Bonchev–Trinajstić information content (AvgIpc) is 3.57. The Morgan fingerprint density at radius 3 is 2.48 bits per heavy atom. The van der Waals surface area contributed by atoms with Gasteiger partial charge in [-0.3, -0.25) is 4.79 Å². The molecule has 1 aliphatic carbocycles. The van der Waals surface area contributed by atoms with Crippen LogP contribution in [0.1, 0.15) is 39.7 Å². The molecule has 2 aromatic carbocycles. The van der Waals surface area contributed by atoms with Gasteiger partial charge >= 0.3 is 0 Å². The Labute approximate surface area is 173 Å². The van der Waals surface area contributed by atoms with Gasteiger partial charge in [0.2, 0.25) is 5.78 Å². The molecule has 0 saturated heterocycles. The standard InChI is InChI=1S/C24H20N2O2S/c1-28-17-11-9-14(10-12-17)18-13-19(15-7-8-15)26-24-20(18)21(25)23(29-24)22(27)16-5-3-2-4-6-16/h2-6,9-13,15H,7-8,25H2,1H3. The van der Waals surface area contributed by atoms with Crippen molar-refractivity contribution in [3.05, 3.63) is 76.8 Å². The van der Waals surface area contributed by atoms with Gasteiger partial charge in [-0.25, -0.2) is 4.98 Å². The lowest BCUT2D eigenvalue weighted by Crippen LogP contribution is -2.01. The molecule has 0 bridgehead atoms. The Bertz CT molecular complexity index is 1210. The molecule has 4 aromatic rings. The Morgan fingerprint density at radius 1 is 1.10 bits per heavy atom. The number of aromatic nitrogens is 1. The van der Waals surface area contributed by atoms with Gasteiger partial charge in [0.25, 0.3) is 0 Å². The number of hydrogen-bond acceptors (Lipinski definition) is 5. The van der Waals surface area contributed by atoms with E-state index in [0.29, 0.717) is 22.0 Å². The average molecular weight is 401 g/mol. The fraction of sp³-hybridized carbons (Fsp3) is 0.167. The van der Waals surface area contributed by atoms with Crippen molar-refractivity contribution >= 4 is 33.0 Å². The zero-order valence-corrected chi connectivity index (χ0v) is 16.8. The molecule has 2 heterocycles. The van der Waals surface area contributed by atoms with Gasteiger partial charge in [0.15, 0.2) is 0 Å². The lowest BCUT2D eigenvalue weighted by Gasteiger charge is -2.09. The predicted octanol–water partition coefficient (Wildman–Crippen LogP) is 5.66. The van der Waals surface area contributed by atoms with Crippen LogP contribution in [0.2, 0.25) is 0 Å². The zero-order chi connectivity index (χ0) is 20.0. The van der Waals surface area contributed by atoms with Gasteiger partial charge in [-0.1, -0.05) is 42.5 Å². The molecule has 1 aliphatic rings. The van der Waals surface area contributed by atoms with E-state index in [1.54, 1.807) is 7.11 Å². The molecule has 2 N–H and O–H groups in total. The third-order valence-corrected chi connectivity index (χ3v) is 6.46. The normalized spacial score (nSPS) is 13.6. The molecule has 5 heteroatoms. The molecule has 0 amide bonds. The smallest absolute Gasteiger partial charge is 0.205 e. The van der Waals surface area contributed by atoms with E-state index in [9.17, 15) is 4.79 Å². The van der Waals surface area contributed by atoms with Gasteiger partial charge in [0.05, 0.1) is 12.8 Å². The quantitative estimate of drug-likeness (QED) is 0.439. The number of nitrogen functional groups attached to an aromatic ring is 1. The lowest BCUT2D eigenvalue weighted by molar-refractivity contribution is 0.104. The maximum Gasteiger partial charge on any atom is 0.205 e. The van der Waals surface area contributed by atoms with Crippen LogP contribution in [0.5, 0.6) is 5.75 Å². The van der Waals surface area contributed by atoms with Crippen molar-refractivity contribution < 1.29 is 9.53 Å². The number of methoxy groups -OCH3 is 1. The van der Waals surface area contributed by atoms with Crippen molar-refractivity contribution in [3.8, 4) is 16.9 Å². The molecule has 1 saturated carbocycles. The monoisotopic (exact) mass is 400 g/mol. The second-order valence-electron chi connectivity index (χ2n) is 7.32. The summed E-state index contributed by atoms with van der Waals surface area (Å²) in [4.78, 5) is 19.3. The fourth-order valence-corrected chi connectivity index (χ4v) is 4.70. The zero-order valence-electron chi connectivity index (χ0n) is 16.0. The first kappa shape index (κ1) is 17.9. The number of rotatable bonds is 5. The maximum atomic E-state index is 13.1. The molecule has 29 heavy (non-hydrogen) atoms. The lowest BCUT2D eigenvalue weighted by atomic mass is 9.99. The third-order valence-electron chi connectivity index (χ3n) is 5.36. The van der Waals surface area contributed by atoms with Crippen LogP contribution < -0.4 is 10.5 Å². The molecule has 144 valence electrons. The van der Waals surface area contributed by atoms with Gasteiger partial charge in [0, 0.05) is 22.6 Å². The largest absolute Gasteiger partial charge is 0.497 e. The summed E-state index contributed by atoms with van der Waals surface area (Å²) in [5.74, 6) is 1.26. The highest BCUT2D eigenvalue weighted by molar-refractivity contribution is 7.21. The van der Waals surface area contributed by atoms with Crippen molar-refractivity contribution in [1.82, 2.24) is 4.98 Å². The highest BCUT2D eigenvalue weighted by Gasteiger charge is 2.28. The molecule has 0 unspecified atom stereocenters. The number of ketones is 1. The Balaban J connectivity index is 1.71. The van der Waals surface area contributed by atoms with Crippen LogP contribution in [0.25, 0.3) is 21.3 Å². The number of hydrogen-bond donors (Lipinski definition) is 1. The minimum absolute atomic E-state index is 0.0558. The summed E-state index contributed by atoms with van der Waals surface area (Å²) >= 11 is 1.39. The van der Waals surface area contributed by atoms with Gasteiger partial charge in [-0.2, -0.15) is 0 Å². The van der Waals surface area contributed by atoms with Crippen molar-refractivity contribution in [3.63, 3.8) is 0 Å². The molecule has 0 aliphatic heterocycles. The van der Waals surface area contributed by atoms with Crippen molar-refractivity contribution in [1.29, 1.82) is 0 Å². The first-order chi connectivity index (χ1) is 14.2. The summed E-state index contributed by atoms with van der Waals surface area (Å²) in [6.07, 6.45) is 2.33. The van der Waals surface area contributed by atoms with E-state index < -0.39 is 0 Å². The number of carbonyl (C=O) groups is 1. The van der Waals surface area contributed by atoms with Crippen LogP contribution in [0, 0.1) is 0 Å². The summed E-state index contributed by atoms with van der Waals surface area (Å²) in [6.45, 7) is 0. The number of ether oxygens (including phenoxy) is 1. The van der Waals surface area contributed by atoms with Crippen molar-refractivity contribution in [2.24, 2.45) is 0 Å². The first-order valence-electron chi connectivity index (χ1n) is 9.63. The Kier molecular flexibility index (Phi) is 4.32. The number of thiophene rings is 1. The summed E-state index contributed by atoms with van der Waals surface area (Å²) in [5.41, 5.74) is 10.8. The van der Waals surface area contributed by atoms with E-state index in [1.807, 2.05) is 54.6 Å². The highest BCUT2D eigenvalue weighted by Crippen LogP contribution is 2.45. The second-order valence-corrected chi connectivity index (χ2v) is 8.32. The number of fused-ring (bicyclic) bond motifs is 1. The Hall–Kier alpha value is -3.18. The molecule has 0 radical (unpaired) electrons. The number of anilines is 1. The topological polar surface area (TPSA) is 65.2 Å². The van der Waals surface area contributed by atoms with Gasteiger partial charge in [-0.05, 0) is 42.2 Å². The number of carbonyl (C=O) groups excluding carboxylic acids is 1. The van der Waals surface area contributed by atoms with Crippen molar-refractivity contribution in [2.75, 3.05) is 12.8 Å². The number of nitrogens with two attached hydrogens (primary N) is 1. The number of benzene rings is 2. The van der Waals surface area contributed by atoms with Crippen LogP contribution in [-0.2, 0) is 0 Å². The van der Waals surface area contributed by atoms with E-state index in [-0.39, 0.29) is 5.78 Å². The summed E-state index contributed by atoms with van der Waals surface area (Å²) < 4.78 is 5.29. The molecular weight excluding hydrogens is 380 g/mol. The van der Waals surface area contributed by atoms with Crippen LogP contribution in [0.4, 0.5) is 5.69 Å². The van der Waals surface area contributed by atoms with E-state index in [0.717, 1.165) is 45.6 Å². The minimum Gasteiger partial charge on any atom is -0.497 e. The predicted molar refractivity (Wildman–Crippen MR) is 118 cm³/mol. The molecule has 0 spiro atoms. The van der Waals surface area contributed by atoms with Gasteiger partial charge in [0.1, 0.15) is 15.5 Å². The van der Waals surface area contributed by atoms with Crippen LogP contribution in [-0.4, -0.2) is 17.9 Å². The van der Waals surface area contributed by atoms with Gasteiger partial charge in [-0.15, -0.1) is 11.3 Å². The van der Waals surface area contributed by atoms with Crippen LogP contribution in [0.3, 0.4) is 0 Å². The number of nitrogens with zero attached hydrogens (tertiary/aromatic N) is 1. The van der Waals surface area contributed by atoms with Gasteiger partial charge < -0.3 is 10.5 Å². The summed E-state index contributed by atoms with van der Waals surface area (Å²) in [7, 11) is 1.66. The summed E-state index contributed by atoms with van der Waals surface area (Å²) in [5, 5.41) is 0.865.